The number of hydrogen-bond donors (Lipinski definition) is 1. The van der Waals surface area contributed by atoms with Gasteiger partial charge in [-0.05, 0) is 18.6 Å². The molecule has 0 amide bonds. The van der Waals surface area contributed by atoms with Gasteiger partial charge in [-0.1, -0.05) is 0 Å². The van der Waals surface area contributed by atoms with E-state index >= 15 is 0 Å². The van der Waals surface area contributed by atoms with Crippen molar-refractivity contribution in [2.45, 2.75) is 12.8 Å². The number of hydrogen-bond acceptors (Lipinski definition) is 3. The van der Waals surface area contributed by atoms with Gasteiger partial charge in [0.25, 0.3) is 0 Å². The Kier molecular flexibility index (Phi) is 4.53. The van der Waals surface area contributed by atoms with Crippen LogP contribution >= 0.6 is 0 Å². The van der Waals surface area contributed by atoms with Crippen molar-refractivity contribution in [3.05, 3.63) is 18.2 Å². The van der Waals surface area contributed by atoms with Crippen molar-refractivity contribution >= 4 is 11.4 Å². The van der Waals surface area contributed by atoms with Crippen molar-refractivity contribution in [3.63, 3.8) is 0 Å². The summed E-state index contributed by atoms with van der Waals surface area (Å²) in [4.78, 5) is 2.01. The Morgan fingerprint density at radius 3 is 2.81 bits per heavy atom. The fourth-order valence-corrected chi connectivity index (χ4v) is 1.28. The number of terminal acetylenes is 1. The summed E-state index contributed by atoms with van der Waals surface area (Å²) >= 11 is 0. The summed E-state index contributed by atoms with van der Waals surface area (Å²) in [7, 11) is 3.96. The lowest BCUT2D eigenvalue weighted by Gasteiger charge is -2.15. The molecule has 16 heavy (non-hydrogen) atoms. The first-order chi connectivity index (χ1) is 7.65. The average molecular weight is 218 g/mol. The SMILES string of the molecule is C#CCCCOc1cc(N(C)C)ccc1N. The maximum absolute atomic E-state index is 5.82. The molecule has 0 aliphatic rings. The van der Waals surface area contributed by atoms with E-state index in [2.05, 4.69) is 5.92 Å². The first kappa shape index (κ1) is 12.3. The molecule has 0 heterocycles. The quantitative estimate of drug-likeness (QED) is 0.467. The second kappa shape index (κ2) is 5.92. The van der Waals surface area contributed by atoms with Gasteiger partial charge in [0, 0.05) is 32.3 Å². The standard InChI is InChI=1S/C13H18N2O/c1-4-5-6-9-16-13-10-11(15(2)3)7-8-12(13)14/h1,7-8,10H,5-6,9,14H2,2-3H3. The Bertz CT molecular complexity index is 380. The Labute approximate surface area is 97.2 Å². The van der Waals surface area contributed by atoms with Gasteiger partial charge >= 0.3 is 0 Å². The monoisotopic (exact) mass is 218 g/mol. The minimum absolute atomic E-state index is 0.602. The number of rotatable bonds is 5. The molecular weight excluding hydrogens is 200 g/mol. The highest BCUT2D eigenvalue weighted by Gasteiger charge is 2.03. The van der Waals surface area contributed by atoms with Crippen molar-refractivity contribution in [2.75, 3.05) is 31.3 Å². The Balaban J connectivity index is 2.64. The summed E-state index contributed by atoms with van der Waals surface area (Å²) in [5, 5.41) is 0. The van der Waals surface area contributed by atoms with Crippen LogP contribution in [-0.2, 0) is 0 Å². The largest absolute Gasteiger partial charge is 0.491 e. The molecule has 0 unspecified atom stereocenters. The molecule has 0 radical (unpaired) electrons. The highest BCUT2D eigenvalue weighted by Crippen LogP contribution is 2.26. The van der Waals surface area contributed by atoms with Crippen LogP contribution in [0.15, 0.2) is 18.2 Å². The predicted molar refractivity (Wildman–Crippen MR) is 68.7 cm³/mol. The third kappa shape index (κ3) is 3.39. The van der Waals surface area contributed by atoms with Crippen LogP contribution in [0.5, 0.6) is 5.75 Å². The molecule has 0 atom stereocenters. The summed E-state index contributed by atoms with van der Waals surface area (Å²) in [6.45, 7) is 0.602. The normalized spacial score (nSPS) is 9.56. The summed E-state index contributed by atoms with van der Waals surface area (Å²) in [6.07, 6.45) is 6.74. The first-order valence-electron chi connectivity index (χ1n) is 5.28. The molecule has 0 aromatic heterocycles. The van der Waals surface area contributed by atoms with Crippen LogP contribution in [0.25, 0.3) is 0 Å². The molecule has 1 aromatic rings. The number of ether oxygens (including phenoxy) is 1. The molecule has 3 nitrogen and oxygen atoms in total. The van der Waals surface area contributed by atoms with Crippen LogP contribution in [0, 0.1) is 12.3 Å². The zero-order chi connectivity index (χ0) is 12.0. The van der Waals surface area contributed by atoms with Gasteiger partial charge < -0.3 is 15.4 Å². The lowest BCUT2D eigenvalue weighted by atomic mass is 10.2. The van der Waals surface area contributed by atoms with Crippen molar-refractivity contribution in [3.8, 4) is 18.1 Å². The van der Waals surface area contributed by atoms with E-state index in [9.17, 15) is 0 Å². The second-order valence-corrected chi connectivity index (χ2v) is 3.77. The third-order valence-corrected chi connectivity index (χ3v) is 2.24. The van der Waals surface area contributed by atoms with Crippen LogP contribution in [0.2, 0.25) is 0 Å². The van der Waals surface area contributed by atoms with E-state index in [-0.39, 0.29) is 0 Å². The van der Waals surface area contributed by atoms with Crippen LogP contribution in [0.1, 0.15) is 12.8 Å². The number of nitrogens with zero attached hydrogens (tertiary/aromatic N) is 1. The fraction of sp³-hybridized carbons (Fsp3) is 0.385. The fourth-order valence-electron chi connectivity index (χ4n) is 1.28. The molecule has 0 spiro atoms. The van der Waals surface area contributed by atoms with Gasteiger partial charge in [0.2, 0.25) is 0 Å². The minimum Gasteiger partial charge on any atom is -0.491 e. The Hall–Kier alpha value is -1.82. The van der Waals surface area contributed by atoms with Crippen LogP contribution in [-0.4, -0.2) is 20.7 Å². The van der Waals surface area contributed by atoms with Gasteiger partial charge in [-0.15, -0.1) is 12.3 Å². The molecule has 0 fully saturated rings. The zero-order valence-corrected chi connectivity index (χ0v) is 9.86. The maximum atomic E-state index is 5.82. The Morgan fingerprint density at radius 2 is 2.19 bits per heavy atom. The molecule has 1 rings (SSSR count). The lowest BCUT2D eigenvalue weighted by molar-refractivity contribution is 0.314. The van der Waals surface area contributed by atoms with Crippen molar-refractivity contribution in [1.82, 2.24) is 0 Å². The summed E-state index contributed by atoms with van der Waals surface area (Å²) in [5.41, 5.74) is 7.55. The third-order valence-electron chi connectivity index (χ3n) is 2.24. The van der Waals surface area contributed by atoms with Gasteiger partial charge in [0.05, 0.1) is 12.3 Å². The Morgan fingerprint density at radius 1 is 1.44 bits per heavy atom. The molecule has 0 saturated heterocycles. The maximum Gasteiger partial charge on any atom is 0.144 e. The molecule has 0 aliphatic carbocycles. The van der Waals surface area contributed by atoms with Gasteiger partial charge in [-0.2, -0.15) is 0 Å². The topological polar surface area (TPSA) is 38.5 Å². The van der Waals surface area contributed by atoms with E-state index in [4.69, 9.17) is 16.9 Å². The molecule has 86 valence electrons. The molecule has 0 saturated carbocycles. The van der Waals surface area contributed by atoms with E-state index in [0.29, 0.717) is 12.3 Å². The molecule has 0 aliphatic heterocycles. The first-order valence-corrected chi connectivity index (χ1v) is 5.28. The molecule has 2 N–H and O–H groups in total. The lowest BCUT2D eigenvalue weighted by Crippen LogP contribution is -2.09. The number of nitrogens with two attached hydrogens (primary N) is 1. The van der Waals surface area contributed by atoms with Gasteiger partial charge in [-0.25, -0.2) is 0 Å². The summed E-state index contributed by atoms with van der Waals surface area (Å²) in [5.74, 6) is 3.30. The van der Waals surface area contributed by atoms with Crippen LogP contribution in [0.3, 0.4) is 0 Å². The van der Waals surface area contributed by atoms with E-state index in [1.54, 1.807) is 0 Å². The van der Waals surface area contributed by atoms with Crippen molar-refractivity contribution in [2.24, 2.45) is 0 Å². The van der Waals surface area contributed by atoms with Crippen molar-refractivity contribution in [1.29, 1.82) is 0 Å². The minimum atomic E-state index is 0.602. The highest BCUT2D eigenvalue weighted by molar-refractivity contribution is 5.61. The predicted octanol–water partition coefficient (Wildman–Crippen LogP) is 2.13. The molecule has 3 heteroatoms. The molecule has 1 aromatic carbocycles. The van der Waals surface area contributed by atoms with E-state index in [1.807, 2.05) is 37.2 Å². The zero-order valence-electron chi connectivity index (χ0n) is 9.86. The van der Waals surface area contributed by atoms with Gasteiger partial charge in [0.15, 0.2) is 0 Å². The van der Waals surface area contributed by atoms with Crippen LogP contribution in [0.4, 0.5) is 11.4 Å². The van der Waals surface area contributed by atoms with Gasteiger partial charge in [-0.3, -0.25) is 0 Å². The second-order valence-electron chi connectivity index (χ2n) is 3.77. The van der Waals surface area contributed by atoms with Crippen LogP contribution < -0.4 is 15.4 Å². The summed E-state index contributed by atoms with van der Waals surface area (Å²) < 4.78 is 5.58. The smallest absolute Gasteiger partial charge is 0.144 e. The number of benzene rings is 1. The highest BCUT2D eigenvalue weighted by atomic mass is 16.5. The van der Waals surface area contributed by atoms with E-state index in [0.717, 1.165) is 24.3 Å². The van der Waals surface area contributed by atoms with Crippen molar-refractivity contribution < 1.29 is 4.74 Å². The molecular formula is C13H18N2O. The average Bonchev–Trinajstić information content (AvgIpc) is 2.26. The van der Waals surface area contributed by atoms with Gasteiger partial charge in [0.1, 0.15) is 5.75 Å². The number of anilines is 2. The molecule has 0 bridgehead atoms. The number of nitrogen functional groups attached to an aromatic ring is 1. The van der Waals surface area contributed by atoms with E-state index in [1.165, 1.54) is 0 Å². The van der Waals surface area contributed by atoms with E-state index < -0.39 is 0 Å². The number of unbranched alkanes of at least 4 members (excludes halogenated alkanes) is 1. The summed E-state index contributed by atoms with van der Waals surface area (Å²) in [6, 6.07) is 5.75.